The van der Waals surface area contributed by atoms with Gasteiger partial charge in [0.2, 0.25) is 17.8 Å². The molecule has 6 aliphatic carbocycles. The van der Waals surface area contributed by atoms with Crippen LogP contribution in [0.2, 0.25) is 0 Å². The van der Waals surface area contributed by atoms with Crippen LogP contribution in [-0.2, 0) is 19.3 Å². The predicted molar refractivity (Wildman–Crippen MR) is 375 cm³/mol. The summed E-state index contributed by atoms with van der Waals surface area (Å²) >= 11 is 0. The Bertz CT molecular complexity index is 4730. The number of nitrogens with one attached hydrogen (secondary N) is 3. The Morgan fingerprint density at radius 2 is 0.687 bits per heavy atom. The average molecular weight is 1320 g/mol. The highest BCUT2D eigenvalue weighted by Gasteiger charge is 2.33. The van der Waals surface area contributed by atoms with E-state index in [1.54, 1.807) is 67.4 Å². The molecule has 0 fully saturated rings. The number of allylic oxidation sites excluding steroid dienone is 3. The Labute approximate surface area is 568 Å². The zero-order chi connectivity index (χ0) is 67.6. The van der Waals surface area contributed by atoms with Gasteiger partial charge in [0.25, 0.3) is 0 Å². The van der Waals surface area contributed by atoms with Gasteiger partial charge in [0.15, 0.2) is 34.4 Å². The number of fused-ring (bicyclic) bond motifs is 9. The van der Waals surface area contributed by atoms with Crippen molar-refractivity contribution in [3.63, 3.8) is 0 Å². The molecule has 9 aromatic heterocycles. The minimum absolute atomic E-state index is 0.203. The molecule has 99 heavy (non-hydrogen) atoms. The molecule has 0 saturated heterocycles. The molecule has 0 saturated carbocycles. The van der Waals surface area contributed by atoms with E-state index < -0.39 is 17.5 Å². The molecule has 498 valence electrons. The van der Waals surface area contributed by atoms with Crippen molar-refractivity contribution in [2.45, 2.75) is 134 Å². The summed E-state index contributed by atoms with van der Waals surface area (Å²) in [6.45, 7) is 5.67. The van der Waals surface area contributed by atoms with Crippen LogP contribution in [0.3, 0.4) is 0 Å². The first-order valence-corrected chi connectivity index (χ1v) is 33.7. The van der Waals surface area contributed by atoms with Crippen molar-refractivity contribution in [2.75, 3.05) is 16.0 Å². The van der Waals surface area contributed by atoms with Crippen molar-refractivity contribution in [1.29, 1.82) is 0 Å². The Hall–Kier alpha value is -11.0. The lowest BCUT2D eigenvalue weighted by atomic mass is 9.88. The predicted octanol–water partition coefficient (Wildman–Crippen LogP) is 13.0. The molecule has 21 nitrogen and oxygen atoms in total. The molecule has 9 heterocycles. The van der Waals surface area contributed by atoms with Crippen molar-refractivity contribution in [2.24, 2.45) is 17.2 Å². The van der Waals surface area contributed by atoms with Crippen LogP contribution in [0, 0.1) is 17.5 Å². The van der Waals surface area contributed by atoms with E-state index >= 15 is 0 Å². The molecule has 3 aromatic carbocycles. The number of nitrogens with two attached hydrogens (primary N) is 3. The Balaban J connectivity index is 0.000000116. The molecule has 12 aromatic rings. The van der Waals surface area contributed by atoms with Crippen LogP contribution >= 0.6 is 0 Å². The summed E-state index contributed by atoms with van der Waals surface area (Å²) in [5.74, 6) is 1.60. The van der Waals surface area contributed by atoms with E-state index in [4.69, 9.17) is 32.2 Å². The van der Waals surface area contributed by atoms with Gasteiger partial charge >= 0.3 is 0 Å². The molecule has 18 rings (SSSR count). The first kappa shape index (κ1) is 62.8. The molecule has 0 bridgehead atoms. The SMILES string of the molecule is CC(N)c1cnn2c(N[C@@H]3CCC4=C(C3)c3ccccc3C4)nc(-c3cncc(F)c3)nc12.C[C@@H](N)c1cnn2c(N[C@@H]3CCC4=C(C3)c3ccccc3C4)nc(-c3cncc(F)c3)nc12.C[C@H](N)c1cnn2c(N[C@@H]3CCC4=C(C3)c3ccccc3C4)nc(-c3cncc(F)c3)nc12. The van der Waals surface area contributed by atoms with Gasteiger partial charge in [-0.05, 0) is 166 Å². The normalized spacial score (nSPS) is 18.3. The van der Waals surface area contributed by atoms with E-state index in [1.807, 2.05) is 20.8 Å². The van der Waals surface area contributed by atoms with Gasteiger partial charge in [0.1, 0.15) is 17.5 Å². The fourth-order valence-corrected chi connectivity index (χ4v) is 14.9. The summed E-state index contributed by atoms with van der Waals surface area (Å²) < 4.78 is 46.7. The smallest absolute Gasteiger partial charge is 0.228 e. The first-order chi connectivity index (χ1) is 48.2. The van der Waals surface area contributed by atoms with Gasteiger partial charge in [-0.2, -0.15) is 43.8 Å². The number of benzene rings is 3. The largest absolute Gasteiger partial charge is 0.351 e. The number of halogens is 3. The number of hydrogen-bond acceptors (Lipinski definition) is 18. The number of aromatic nitrogens is 15. The van der Waals surface area contributed by atoms with Crippen LogP contribution < -0.4 is 33.2 Å². The van der Waals surface area contributed by atoms with Crippen molar-refractivity contribution >= 4 is 51.5 Å². The third-order valence-electron chi connectivity index (χ3n) is 19.8. The van der Waals surface area contributed by atoms with E-state index in [2.05, 4.69) is 134 Å². The number of anilines is 3. The van der Waals surface area contributed by atoms with E-state index in [0.717, 1.165) is 93.7 Å². The number of nitrogens with zero attached hydrogens (tertiary/aromatic N) is 15. The summed E-state index contributed by atoms with van der Waals surface area (Å²) in [6, 6.07) is 30.0. The second-order valence-corrected chi connectivity index (χ2v) is 26.7. The van der Waals surface area contributed by atoms with Crippen molar-refractivity contribution in [3.8, 4) is 34.2 Å². The van der Waals surface area contributed by atoms with Crippen LogP contribution in [-0.4, -0.2) is 91.8 Å². The molecular weight excluding hydrogens is 1250 g/mol. The minimum atomic E-state index is -0.432. The molecule has 0 aliphatic heterocycles. The fourth-order valence-electron chi connectivity index (χ4n) is 14.9. The van der Waals surface area contributed by atoms with Crippen LogP contribution in [0.5, 0.6) is 0 Å². The molecule has 6 atom stereocenters. The Morgan fingerprint density at radius 3 is 0.970 bits per heavy atom. The van der Waals surface area contributed by atoms with Crippen LogP contribution in [0.1, 0.15) is 147 Å². The molecule has 1 unspecified atom stereocenters. The lowest BCUT2D eigenvalue weighted by Gasteiger charge is -2.26. The molecular formula is C75H72F3N21. The van der Waals surface area contributed by atoms with Crippen molar-refractivity contribution in [3.05, 3.63) is 231 Å². The van der Waals surface area contributed by atoms with Gasteiger partial charge in [-0.15, -0.1) is 0 Å². The Morgan fingerprint density at radius 1 is 0.394 bits per heavy atom. The molecule has 0 amide bonds. The third-order valence-corrected chi connectivity index (χ3v) is 19.8. The summed E-state index contributed by atoms with van der Waals surface area (Å²) in [4.78, 5) is 40.0. The maximum atomic E-state index is 13.9. The summed E-state index contributed by atoms with van der Waals surface area (Å²) in [6.07, 6.45) is 25.5. The second kappa shape index (κ2) is 26.1. The number of rotatable bonds is 12. The fraction of sp³-hybridized carbons (Fsp3) is 0.280. The topological polar surface area (TPSA) is 282 Å². The number of hydrogen-bond donors (Lipinski definition) is 6. The minimum Gasteiger partial charge on any atom is -0.351 e. The lowest BCUT2D eigenvalue weighted by Crippen LogP contribution is -2.25. The molecule has 24 heteroatoms. The zero-order valence-electron chi connectivity index (χ0n) is 54.9. The first-order valence-electron chi connectivity index (χ1n) is 33.7. The standard InChI is InChI=1S/3C25H24FN7/c3*1-14(27)22-13-29-33-24(22)31-23(17-9-18(26)12-28-11-17)32-25(33)30-19-7-6-16-8-15-4-2-3-5-20(15)21(16)10-19/h3*2-5,9,11-14,19H,6-8,10,27H2,1H3,(H,30,31,32)/t14?,19-;14-,19+;14-,19-/m101/s1. The van der Waals surface area contributed by atoms with Gasteiger partial charge in [-0.3, -0.25) is 15.0 Å². The van der Waals surface area contributed by atoms with Gasteiger partial charge in [0.05, 0.1) is 37.2 Å². The van der Waals surface area contributed by atoms with Crippen molar-refractivity contribution < 1.29 is 13.2 Å². The lowest BCUT2D eigenvalue weighted by molar-refractivity contribution is 0.621. The van der Waals surface area contributed by atoms with Gasteiger partial charge in [-0.1, -0.05) is 89.5 Å². The summed E-state index contributed by atoms with van der Waals surface area (Å²) in [5.41, 5.74) is 41.7. The molecule has 6 aliphatic rings. The highest BCUT2D eigenvalue weighted by Crippen LogP contribution is 2.45. The highest BCUT2D eigenvalue weighted by atomic mass is 19.1. The van der Waals surface area contributed by atoms with Gasteiger partial charge in [0, 0.05) is 88.2 Å². The number of pyridine rings is 3. The maximum absolute atomic E-state index is 13.9. The van der Waals surface area contributed by atoms with Crippen LogP contribution in [0.25, 0.3) is 67.8 Å². The molecule has 9 N–H and O–H groups in total. The maximum Gasteiger partial charge on any atom is 0.228 e. The Kier molecular flexibility index (Phi) is 16.6. The molecule has 0 spiro atoms. The van der Waals surface area contributed by atoms with E-state index in [0.29, 0.717) is 69.0 Å². The third kappa shape index (κ3) is 12.3. The quantitative estimate of drug-likeness (QED) is 0.0663. The van der Waals surface area contributed by atoms with Crippen LogP contribution in [0.15, 0.2) is 163 Å². The average Bonchev–Trinajstić information content (AvgIpc) is 1.76. The van der Waals surface area contributed by atoms with Crippen LogP contribution in [0.4, 0.5) is 31.0 Å². The second-order valence-electron chi connectivity index (χ2n) is 26.7. The monoisotopic (exact) mass is 1320 g/mol. The molecule has 0 radical (unpaired) electrons. The highest BCUT2D eigenvalue weighted by molar-refractivity contribution is 5.80. The van der Waals surface area contributed by atoms with Gasteiger partial charge in [-0.25, -0.2) is 28.1 Å². The van der Waals surface area contributed by atoms with E-state index in [9.17, 15) is 13.2 Å². The zero-order valence-corrected chi connectivity index (χ0v) is 54.9. The van der Waals surface area contributed by atoms with E-state index in [1.165, 1.54) is 86.9 Å². The van der Waals surface area contributed by atoms with Crippen molar-refractivity contribution in [1.82, 2.24) is 73.7 Å². The van der Waals surface area contributed by atoms with E-state index in [-0.39, 0.29) is 36.3 Å². The summed E-state index contributed by atoms with van der Waals surface area (Å²) in [5, 5.41) is 24.3. The van der Waals surface area contributed by atoms with Gasteiger partial charge < -0.3 is 33.2 Å². The summed E-state index contributed by atoms with van der Waals surface area (Å²) in [7, 11) is 0.